The van der Waals surface area contributed by atoms with Gasteiger partial charge < -0.3 is 55.3 Å². The molecule has 0 saturated heterocycles. The Hall–Kier alpha value is -3.96. The molecule has 0 atom stereocenters. The molecule has 7 fully saturated rings. The molecule has 36 heteroatoms. The number of thiophene rings is 7. The fraction of sp³-hybridized carbons (Fsp3) is 0.634. The van der Waals surface area contributed by atoms with Crippen molar-refractivity contribution in [3.8, 4) is 5.00 Å². The van der Waals surface area contributed by atoms with Crippen LogP contribution >= 0.6 is 183 Å². The first-order valence-electron chi connectivity index (χ1n) is 45.9. The van der Waals surface area contributed by atoms with Crippen molar-refractivity contribution in [1.82, 2.24) is 14.8 Å². The number of aromatic nitrogens is 3. The maximum atomic E-state index is 12.0. The van der Waals surface area contributed by atoms with E-state index < -0.39 is 18.7 Å². The highest BCUT2D eigenvalue weighted by Gasteiger charge is 2.40. The van der Waals surface area contributed by atoms with Gasteiger partial charge in [-0.1, -0.05) is 116 Å². The van der Waals surface area contributed by atoms with Crippen molar-refractivity contribution in [1.29, 1.82) is 0 Å². The van der Waals surface area contributed by atoms with Crippen LogP contribution in [0, 0.1) is 4.77 Å². The van der Waals surface area contributed by atoms with Gasteiger partial charge in [-0.25, -0.2) is 19.2 Å². The number of carbonyl (C=O) groups is 5. The number of methoxy groups -OCH3 is 3. The van der Waals surface area contributed by atoms with Gasteiger partial charge >= 0.3 is 37.1 Å². The number of aromatic amines is 1. The molecule has 0 unspecified atom stereocenters. The lowest BCUT2D eigenvalue weighted by Gasteiger charge is -2.20. The second kappa shape index (κ2) is 60.2. The minimum Gasteiger partial charge on any atom is -0.693 e. The molecule has 0 spiro atoms. The number of hydrogen-bond acceptors (Lipinski definition) is 24. The van der Waals surface area contributed by atoms with Crippen LogP contribution in [0.3, 0.4) is 0 Å². The predicted octanol–water partition coefficient (Wildman–Crippen LogP) is 31.6. The molecule has 0 bridgehead atoms. The van der Waals surface area contributed by atoms with Crippen molar-refractivity contribution in [2.24, 2.45) is 4.99 Å². The first-order chi connectivity index (χ1) is 62.2. The molecule has 1 amide bonds. The Labute approximate surface area is 897 Å². The Morgan fingerprint density at radius 1 is 0.526 bits per heavy atom. The fourth-order valence-electron chi connectivity index (χ4n) is 17.9. The molecular weight excluding hydrogens is 2110 g/mol. The number of isothiocyanates is 1. The number of esters is 3. The number of anilines is 2. The summed E-state index contributed by atoms with van der Waals surface area (Å²) in [5, 5.41) is 43.0. The molecule has 14 aliphatic rings. The van der Waals surface area contributed by atoms with Crippen LogP contribution in [0.4, 0.5) is 19.8 Å². The van der Waals surface area contributed by atoms with Gasteiger partial charge in [0.25, 0.3) is 0 Å². The SMILES string of the molecule is C.C.C.C.C.C.C.CC(C)(C)OC(=O)Nc1sc(C2CC2)c2c1CCCC2.COC(=O)CBr.COC(=O)c1sc(Br)c2c1CCCC2.COC(=O)c1sc(C2CC2)c2c1CCCC2.Cl.Nc1sc(C2CC2)c2c1CCCC2.O=C(O)c1sc(C2CC2)c2c1CCCC2.OB(O)C1CC1.S=C(Cl)Cl.S=C=Nc1sc(C2CC2)c2c1CCCC2.S=c1[nH]ncn1-c1sc(C2CC2)c2c1CCCC2.[B][B-]. The van der Waals surface area contributed by atoms with Gasteiger partial charge in [-0.05, 0) is 437 Å². The molecule has 18 nitrogen and oxygen atoms in total. The maximum absolute atomic E-state index is 12.0. The molecule has 7 saturated carbocycles. The van der Waals surface area contributed by atoms with E-state index >= 15 is 0 Å². The van der Waals surface area contributed by atoms with Gasteiger partial charge in [0, 0.05) is 29.3 Å². The normalized spacial score (nSPS) is 16.8. The summed E-state index contributed by atoms with van der Waals surface area (Å²) in [5.74, 6) is 3.76. The van der Waals surface area contributed by atoms with Crippen LogP contribution in [0.15, 0.2) is 15.1 Å². The number of aromatic carboxylic acids is 1. The predicted molar refractivity (Wildman–Crippen MR) is 606 cm³/mol. The molecule has 8 heterocycles. The Morgan fingerprint density at radius 3 is 1.22 bits per heavy atom. The maximum Gasteiger partial charge on any atom is 0.454 e. The number of nitrogen functional groups attached to an aromatic ring is 1. The molecule has 8 aromatic rings. The first-order valence-corrected chi connectivity index (χ1v) is 55.5. The van der Waals surface area contributed by atoms with E-state index in [0.29, 0.717) is 15.6 Å². The minimum atomic E-state index is -1.04. The summed E-state index contributed by atoms with van der Waals surface area (Å²) in [4.78, 5) is 72.1. The van der Waals surface area contributed by atoms with E-state index in [2.05, 4.69) is 94.5 Å². The van der Waals surface area contributed by atoms with Crippen molar-refractivity contribution >= 4 is 260 Å². The van der Waals surface area contributed by atoms with Crippen LogP contribution < -0.4 is 11.1 Å². The molecular formula is C101H148B3Br2Cl3N6O12S10-. The van der Waals surface area contributed by atoms with Crippen molar-refractivity contribution in [2.45, 2.75) is 389 Å². The third-order valence-corrected chi connectivity index (χ3v) is 36.3. The zero-order valence-electron chi connectivity index (χ0n) is 75.2. The molecule has 137 heavy (non-hydrogen) atoms. The third kappa shape index (κ3) is 35.2. The fourth-order valence-corrected chi connectivity index (χ4v) is 29.2. The quantitative estimate of drug-likeness (QED) is 0.0112. The Kier molecular flexibility index (Phi) is 55.1. The average molecular weight is 2260 g/mol. The Balaban J connectivity index is 0.000000322. The Bertz CT molecular complexity index is 5250. The van der Waals surface area contributed by atoms with E-state index in [-0.39, 0.29) is 103 Å². The number of carboxylic acids is 1. The van der Waals surface area contributed by atoms with Crippen LogP contribution in [0.2, 0.25) is 5.82 Å². The molecule has 14 aliphatic carbocycles. The second-order valence-corrected chi connectivity index (χ2v) is 47.7. The van der Waals surface area contributed by atoms with Crippen molar-refractivity contribution in [2.75, 3.05) is 37.7 Å². The lowest BCUT2D eigenvalue weighted by atomic mass is 9.81. The summed E-state index contributed by atoms with van der Waals surface area (Å²) < 4.78 is 23.1. The van der Waals surface area contributed by atoms with Crippen LogP contribution in [0.25, 0.3) is 5.00 Å². The largest absolute Gasteiger partial charge is 0.693 e. The minimum absolute atomic E-state index is 0. The molecule has 8 aromatic heterocycles. The summed E-state index contributed by atoms with van der Waals surface area (Å²) in [6, 6.07) is 0. The third-order valence-electron chi connectivity index (χ3n) is 25.2. The van der Waals surface area contributed by atoms with E-state index in [1.54, 1.807) is 70.9 Å². The number of nitrogens with one attached hydrogen (secondary N) is 2. The van der Waals surface area contributed by atoms with Crippen LogP contribution in [0.5, 0.6) is 0 Å². The lowest BCUT2D eigenvalue weighted by Crippen LogP contribution is -2.27. The number of carboxylic acid groups (broad SMARTS) is 1. The topological polar surface area (TPSA) is 267 Å². The first kappa shape index (κ1) is 125. The molecule has 0 aliphatic heterocycles. The number of rotatable bonds is 14. The molecule has 0 aromatic carbocycles. The standard InChI is InChI=1S/C16H23NO2S.C13H15N3S2.C13H16O2S.C12H13NS2.C12H14O2S.C11H15NS.C10H11BrO2S.C3H7BO2.C3H5BrO2.CCl2S.7CH4.B2.ClH/c1-16(2,3)19-15(18)17-14-12-7-5-4-6-11(12)13(20-14)10-8-9-10;17-13-15-14-7-16(13)12-10-4-2-1-3-9(10)11(18-12)8-5-6-8;1-15-13(14)12-10-5-3-2-4-9(10)11(16-12)8-6-7-8;14-7-13-12-10-4-2-1-3-9(10)11(15-12)8-5-6-8;13-12(14)11-9-4-2-1-3-8(9)10(15-11)7-5-6-7;12-11-9-4-2-1-3-8(9)10(13-11)7-5-6-7;1-13-10(12)8-6-4-2-3-5-7(6)9(11)14-8;5-4(6)3-1-2-3;1-6-3(5)2-4;2-1(3)4;;;;;;;;1-2;/h10H,4-9H2,1-3H3,(H,17,18);7-8H,1-6H2,(H,15,17);8H,2-7H2,1H3;8H,1-6H2;7H,1-6H2,(H,13,14);7H,1-6,12H2;2-5H2,1H3;3,5-6H,1-2H2;2H2,1H3;;7*1H4;;1H/q;;;;;;;;;;;;;;;;;-1;. The molecule has 22 rings (SSSR count). The number of carbonyl (C=O) groups excluding carboxylic acids is 4. The number of alkyl halides is 1. The van der Waals surface area contributed by atoms with Gasteiger partial charge in [0.2, 0.25) is 0 Å². The van der Waals surface area contributed by atoms with Crippen molar-refractivity contribution < 1.29 is 58.1 Å². The van der Waals surface area contributed by atoms with E-state index in [4.69, 9.17) is 82.7 Å². The number of nitrogens with two attached hydrogens (primary N) is 1. The zero-order chi connectivity index (χ0) is 92.3. The number of ether oxygens (including phenoxy) is 4. The monoisotopic (exact) mass is 2250 g/mol. The van der Waals surface area contributed by atoms with Gasteiger partial charge in [0.1, 0.15) is 46.9 Å². The zero-order valence-corrected chi connectivity index (χ0v) is 88.9. The average Bonchev–Trinajstić information content (AvgIpc) is 1.60. The summed E-state index contributed by atoms with van der Waals surface area (Å²) in [5.41, 5.74) is 25.9. The van der Waals surface area contributed by atoms with E-state index in [1.165, 1.54) is 320 Å². The van der Waals surface area contributed by atoms with Gasteiger partial charge in [0.15, 0.2) is 8.55 Å². The second-order valence-electron chi connectivity index (χ2n) is 36.1. The Morgan fingerprint density at radius 2 is 0.854 bits per heavy atom. The number of fused-ring (bicyclic) bond motifs is 7. The van der Waals surface area contributed by atoms with Crippen molar-refractivity contribution in [3.63, 3.8) is 0 Å². The number of hydrogen-bond donors (Lipinski definition) is 6. The number of nitrogens with zero attached hydrogens (tertiary/aromatic N) is 3. The van der Waals surface area contributed by atoms with Gasteiger partial charge in [-0.2, -0.15) is 10.1 Å². The van der Waals surface area contributed by atoms with Crippen LogP contribution in [0.1, 0.15) is 424 Å². The van der Waals surface area contributed by atoms with E-state index in [0.717, 1.165) is 116 Å². The van der Waals surface area contributed by atoms with Gasteiger partial charge in [-0.3, -0.25) is 19.8 Å². The van der Waals surface area contributed by atoms with Crippen molar-refractivity contribution in [3.05, 3.63) is 137 Å². The van der Waals surface area contributed by atoms with Crippen LogP contribution in [-0.4, -0.2) is 124 Å². The smallest absolute Gasteiger partial charge is 0.454 e. The number of amides is 1. The van der Waals surface area contributed by atoms with Gasteiger partial charge in [-0.15, -0.1) is 91.8 Å². The number of halogens is 5. The molecule has 5 radical (unpaired) electrons. The lowest BCUT2D eigenvalue weighted by molar-refractivity contribution is -0.137. The van der Waals surface area contributed by atoms with E-state index in [1.807, 2.05) is 61.1 Å². The summed E-state index contributed by atoms with van der Waals surface area (Å²) in [6.07, 6.45) is 53.7. The summed E-state index contributed by atoms with van der Waals surface area (Å²) in [6.45, 7) is 5.68. The van der Waals surface area contributed by atoms with E-state index in [9.17, 15) is 24.0 Å². The summed E-state index contributed by atoms with van der Waals surface area (Å²) >= 11 is 42.3. The highest BCUT2D eigenvalue weighted by Crippen LogP contribution is 2.56. The van der Waals surface area contributed by atoms with Crippen LogP contribution in [-0.2, 0) is 114 Å². The van der Waals surface area contributed by atoms with Gasteiger partial charge in [0.05, 0.1) is 35.3 Å². The number of H-pyrrole nitrogens is 1. The highest BCUT2D eigenvalue weighted by molar-refractivity contribution is 9.11. The summed E-state index contributed by atoms with van der Waals surface area (Å²) in [7, 11) is 11.2. The molecule has 759 valence electrons. The molecule has 7 N–H and O–H groups in total. The number of thiocarbonyl (C=S) groups is 2. The number of aliphatic imine (C=N–C) groups is 1. The highest BCUT2D eigenvalue weighted by atomic mass is 79.9.